The zero-order valence-corrected chi connectivity index (χ0v) is 13.2. The number of amides is 1. The van der Waals surface area contributed by atoms with Crippen molar-refractivity contribution in [3.8, 4) is 0 Å². The molecule has 3 N–H and O–H groups in total. The first-order valence-corrected chi connectivity index (χ1v) is 7.49. The number of nitrogens with one attached hydrogen (secondary N) is 1. The molecule has 0 aliphatic carbocycles. The first kappa shape index (κ1) is 15.2. The van der Waals surface area contributed by atoms with E-state index in [0.717, 1.165) is 11.0 Å². The summed E-state index contributed by atoms with van der Waals surface area (Å²) < 4.78 is 6.76. The Balaban J connectivity index is 2.18. The summed E-state index contributed by atoms with van der Waals surface area (Å²) in [6.45, 7) is 3.42. The third-order valence-electron chi connectivity index (χ3n) is 3.73. The highest BCUT2D eigenvalue weighted by Crippen LogP contribution is 2.27. The number of nitrogens with zero attached hydrogens (tertiary/aromatic N) is 3. The van der Waals surface area contributed by atoms with E-state index in [1.807, 2.05) is 31.2 Å². The van der Waals surface area contributed by atoms with Crippen LogP contribution in [0.5, 0.6) is 0 Å². The maximum Gasteiger partial charge on any atom is 0.257 e. The molecular weight excluding hydrogens is 294 g/mol. The van der Waals surface area contributed by atoms with Gasteiger partial charge in [-0.15, -0.1) is 0 Å². The van der Waals surface area contributed by atoms with E-state index in [0.29, 0.717) is 42.2 Å². The molecule has 23 heavy (non-hydrogen) atoms. The normalized spacial score (nSPS) is 11.2. The highest BCUT2D eigenvalue weighted by molar-refractivity contribution is 6.10. The number of benzene rings is 1. The Labute approximate surface area is 133 Å². The van der Waals surface area contributed by atoms with Crippen LogP contribution in [-0.2, 0) is 11.3 Å². The van der Waals surface area contributed by atoms with E-state index in [9.17, 15) is 4.79 Å². The minimum atomic E-state index is -0.263. The number of hydrogen-bond acceptors (Lipinski definition) is 5. The Bertz CT molecular complexity index is 872. The number of nitrogen functional groups attached to an aromatic ring is 1. The molecule has 0 radical (unpaired) electrons. The van der Waals surface area contributed by atoms with Gasteiger partial charge in [0.05, 0.1) is 17.6 Å². The Morgan fingerprint density at radius 1 is 1.30 bits per heavy atom. The predicted molar refractivity (Wildman–Crippen MR) is 89.3 cm³/mol. The van der Waals surface area contributed by atoms with Gasteiger partial charge < -0.3 is 20.4 Å². The molecule has 3 rings (SSSR count). The summed E-state index contributed by atoms with van der Waals surface area (Å²) in [7, 11) is 1.58. The van der Waals surface area contributed by atoms with E-state index in [-0.39, 0.29) is 5.91 Å². The van der Waals surface area contributed by atoms with Crippen LogP contribution in [0.3, 0.4) is 0 Å². The lowest BCUT2D eigenvalue weighted by molar-refractivity contribution is 0.0939. The van der Waals surface area contributed by atoms with Crippen LogP contribution in [0.1, 0.15) is 17.3 Å². The van der Waals surface area contributed by atoms with E-state index in [4.69, 9.17) is 10.5 Å². The van der Waals surface area contributed by atoms with E-state index < -0.39 is 0 Å². The van der Waals surface area contributed by atoms with Gasteiger partial charge in [0.1, 0.15) is 16.9 Å². The van der Waals surface area contributed by atoms with Crippen molar-refractivity contribution in [3.63, 3.8) is 0 Å². The number of rotatable bonds is 5. The van der Waals surface area contributed by atoms with Gasteiger partial charge in [0.2, 0.25) is 0 Å². The largest absolute Gasteiger partial charge is 0.384 e. The van der Waals surface area contributed by atoms with Crippen LogP contribution in [0.25, 0.3) is 22.2 Å². The molecule has 0 fully saturated rings. The van der Waals surface area contributed by atoms with Crippen molar-refractivity contribution in [2.24, 2.45) is 0 Å². The highest BCUT2D eigenvalue weighted by Gasteiger charge is 2.22. The lowest BCUT2D eigenvalue weighted by atomic mass is 10.2. The van der Waals surface area contributed by atoms with Gasteiger partial charge in [-0.25, -0.2) is 9.97 Å². The van der Waals surface area contributed by atoms with Crippen LogP contribution < -0.4 is 11.1 Å². The van der Waals surface area contributed by atoms with Crippen LogP contribution in [0.4, 0.5) is 5.82 Å². The number of ether oxygens (including phenoxy) is 1. The zero-order valence-electron chi connectivity index (χ0n) is 13.2. The minimum Gasteiger partial charge on any atom is -0.384 e. The summed E-state index contributed by atoms with van der Waals surface area (Å²) in [5, 5.41) is 2.79. The number of para-hydroxylation sites is 2. The molecule has 0 spiro atoms. The third-order valence-corrected chi connectivity index (χ3v) is 3.73. The molecule has 7 heteroatoms. The molecule has 0 saturated heterocycles. The third kappa shape index (κ3) is 2.59. The van der Waals surface area contributed by atoms with E-state index in [1.54, 1.807) is 11.7 Å². The van der Waals surface area contributed by atoms with Gasteiger partial charge in [0.15, 0.2) is 5.65 Å². The number of methoxy groups -OCH3 is 1. The molecule has 120 valence electrons. The second-order valence-electron chi connectivity index (χ2n) is 5.14. The summed E-state index contributed by atoms with van der Waals surface area (Å²) in [6.07, 6.45) is 0. The van der Waals surface area contributed by atoms with Gasteiger partial charge in [0, 0.05) is 20.2 Å². The van der Waals surface area contributed by atoms with Crippen LogP contribution >= 0.6 is 0 Å². The van der Waals surface area contributed by atoms with Crippen LogP contribution in [-0.4, -0.2) is 40.7 Å². The van der Waals surface area contributed by atoms with E-state index in [1.165, 1.54) is 0 Å². The van der Waals surface area contributed by atoms with Crippen molar-refractivity contribution in [2.75, 3.05) is 26.0 Å². The van der Waals surface area contributed by atoms with Crippen LogP contribution in [0, 0.1) is 0 Å². The summed E-state index contributed by atoms with van der Waals surface area (Å²) in [4.78, 5) is 21.7. The van der Waals surface area contributed by atoms with Gasteiger partial charge in [0.25, 0.3) is 5.91 Å². The molecule has 0 aliphatic heterocycles. The average Bonchev–Trinajstić information content (AvgIpc) is 2.83. The van der Waals surface area contributed by atoms with Crippen molar-refractivity contribution in [1.29, 1.82) is 0 Å². The molecule has 7 nitrogen and oxygen atoms in total. The number of carbonyl (C=O) groups excluding carboxylic acids is 1. The molecule has 1 amide bonds. The minimum absolute atomic E-state index is 0.263. The summed E-state index contributed by atoms with van der Waals surface area (Å²) >= 11 is 0. The summed E-state index contributed by atoms with van der Waals surface area (Å²) in [5.74, 6) is 0.119. The van der Waals surface area contributed by atoms with Crippen molar-refractivity contribution in [1.82, 2.24) is 19.9 Å². The quantitative estimate of drug-likeness (QED) is 0.697. The lowest BCUT2D eigenvalue weighted by Crippen LogP contribution is -2.27. The van der Waals surface area contributed by atoms with Crippen molar-refractivity contribution >= 4 is 33.9 Å². The van der Waals surface area contributed by atoms with Gasteiger partial charge in [-0.1, -0.05) is 12.1 Å². The maximum absolute atomic E-state index is 12.5. The lowest BCUT2D eigenvalue weighted by Gasteiger charge is -2.05. The number of carbonyl (C=O) groups is 1. The molecule has 1 aromatic carbocycles. The molecule has 0 aliphatic rings. The van der Waals surface area contributed by atoms with Crippen LogP contribution in [0.2, 0.25) is 0 Å². The molecule has 0 saturated carbocycles. The molecule has 2 aromatic heterocycles. The molecular formula is C16H19N5O2. The van der Waals surface area contributed by atoms with Gasteiger partial charge in [-0.05, 0) is 19.1 Å². The van der Waals surface area contributed by atoms with Gasteiger partial charge >= 0.3 is 0 Å². The number of aryl methyl sites for hydroxylation is 1. The second kappa shape index (κ2) is 6.21. The topological polar surface area (TPSA) is 95.1 Å². The standard InChI is InChI=1S/C16H19N5O2/c1-3-21-14(17)12(16(22)18-8-9-23-2)13-15(21)20-11-7-5-4-6-10(11)19-13/h4-7H,3,8-9,17H2,1-2H3,(H,18,22). The molecule has 2 heterocycles. The number of fused-ring (bicyclic) bond motifs is 2. The number of nitrogens with two attached hydrogens (primary N) is 1. The Hall–Kier alpha value is -2.67. The van der Waals surface area contributed by atoms with Crippen molar-refractivity contribution in [3.05, 3.63) is 29.8 Å². The van der Waals surface area contributed by atoms with Crippen molar-refractivity contribution in [2.45, 2.75) is 13.5 Å². The second-order valence-corrected chi connectivity index (χ2v) is 5.14. The molecule has 0 unspecified atom stereocenters. The van der Waals surface area contributed by atoms with Gasteiger partial charge in [-0.3, -0.25) is 4.79 Å². The molecule has 0 atom stereocenters. The fourth-order valence-corrected chi connectivity index (χ4v) is 2.62. The number of anilines is 1. The Morgan fingerprint density at radius 3 is 2.65 bits per heavy atom. The SMILES string of the molecule is CCn1c(N)c(C(=O)NCCOC)c2nc3ccccc3nc21. The number of hydrogen-bond donors (Lipinski definition) is 2. The smallest absolute Gasteiger partial charge is 0.257 e. The highest BCUT2D eigenvalue weighted by atomic mass is 16.5. The fraction of sp³-hybridized carbons (Fsp3) is 0.312. The Morgan fingerprint density at radius 2 is 2.00 bits per heavy atom. The first-order valence-electron chi connectivity index (χ1n) is 7.49. The molecule has 0 bridgehead atoms. The fourth-order valence-electron chi connectivity index (χ4n) is 2.62. The Kier molecular flexibility index (Phi) is 4.12. The van der Waals surface area contributed by atoms with Crippen molar-refractivity contribution < 1.29 is 9.53 Å². The predicted octanol–water partition coefficient (Wildman–Crippen LogP) is 1.56. The first-order chi connectivity index (χ1) is 11.2. The maximum atomic E-state index is 12.5. The zero-order chi connectivity index (χ0) is 16.4. The summed E-state index contributed by atoms with van der Waals surface area (Å²) in [5.41, 5.74) is 9.22. The monoisotopic (exact) mass is 313 g/mol. The average molecular weight is 313 g/mol. The molecule has 3 aromatic rings. The van der Waals surface area contributed by atoms with Gasteiger partial charge in [-0.2, -0.15) is 0 Å². The van der Waals surface area contributed by atoms with E-state index >= 15 is 0 Å². The summed E-state index contributed by atoms with van der Waals surface area (Å²) in [6, 6.07) is 7.56. The number of aromatic nitrogens is 3. The van der Waals surface area contributed by atoms with Crippen LogP contribution in [0.15, 0.2) is 24.3 Å². The van der Waals surface area contributed by atoms with E-state index in [2.05, 4.69) is 15.3 Å².